The van der Waals surface area contributed by atoms with E-state index >= 15 is 0 Å². The number of hydrogen-bond acceptors (Lipinski definition) is 2. The number of aliphatic hydroxyl groups excluding tert-OH is 1. The van der Waals surface area contributed by atoms with Gasteiger partial charge >= 0.3 is 0 Å². The summed E-state index contributed by atoms with van der Waals surface area (Å²) in [5.74, 6) is -0.206. The van der Waals surface area contributed by atoms with Gasteiger partial charge in [0.15, 0.2) is 0 Å². The Morgan fingerprint density at radius 3 is 2.67 bits per heavy atom. The van der Waals surface area contributed by atoms with E-state index in [1.165, 1.54) is 17.4 Å². The van der Waals surface area contributed by atoms with E-state index < -0.39 is 6.10 Å². The van der Waals surface area contributed by atoms with Gasteiger partial charge in [0.1, 0.15) is 5.82 Å². The first-order valence-electron chi connectivity index (χ1n) is 5.79. The minimum Gasteiger partial charge on any atom is -0.389 e. The van der Waals surface area contributed by atoms with Crippen LogP contribution in [0.15, 0.2) is 42.0 Å². The van der Waals surface area contributed by atoms with Crippen molar-refractivity contribution in [2.45, 2.75) is 20.0 Å². The summed E-state index contributed by atoms with van der Waals surface area (Å²) in [4.78, 5) is 1.92. The molecule has 1 N–H and O–H groups in total. The van der Waals surface area contributed by atoms with Crippen LogP contribution in [0.5, 0.6) is 0 Å². The molecule has 18 heavy (non-hydrogen) atoms. The maximum Gasteiger partial charge on any atom is 0.131 e. The van der Waals surface area contributed by atoms with Crippen molar-refractivity contribution in [1.82, 2.24) is 0 Å². The van der Waals surface area contributed by atoms with Crippen molar-refractivity contribution in [2.75, 3.05) is 0 Å². The Morgan fingerprint density at radius 1 is 1.28 bits per heavy atom. The highest BCUT2D eigenvalue weighted by atomic mass is 32.1. The molecule has 0 bridgehead atoms. The third-order valence-electron chi connectivity index (χ3n) is 2.80. The van der Waals surface area contributed by atoms with Gasteiger partial charge in [-0.1, -0.05) is 18.2 Å². The third-order valence-corrected chi connectivity index (χ3v) is 3.86. The lowest BCUT2D eigenvalue weighted by Gasteiger charge is -2.02. The molecule has 0 fully saturated rings. The topological polar surface area (TPSA) is 20.2 Å². The van der Waals surface area contributed by atoms with Crippen LogP contribution in [0.3, 0.4) is 0 Å². The third kappa shape index (κ3) is 2.86. The Bertz CT molecular complexity index is 569. The van der Waals surface area contributed by atoms with Crippen molar-refractivity contribution < 1.29 is 9.50 Å². The van der Waals surface area contributed by atoms with Crippen LogP contribution in [0.1, 0.15) is 18.7 Å². The van der Waals surface area contributed by atoms with Crippen LogP contribution in [0, 0.1) is 5.82 Å². The zero-order chi connectivity index (χ0) is 13.1. The van der Waals surface area contributed by atoms with Crippen LogP contribution >= 0.6 is 11.3 Å². The summed E-state index contributed by atoms with van der Waals surface area (Å²) in [6.45, 7) is 3.62. The molecule has 1 unspecified atom stereocenters. The van der Waals surface area contributed by atoms with Gasteiger partial charge in [-0.3, -0.25) is 0 Å². The monoisotopic (exact) mass is 262 g/mol. The molecule has 0 aliphatic rings. The minimum atomic E-state index is -0.455. The van der Waals surface area contributed by atoms with E-state index in [0.717, 1.165) is 15.3 Å². The molecule has 2 rings (SSSR count). The van der Waals surface area contributed by atoms with Crippen molar-refractivity contribution >= 4 is 17.4 Å². The second kappa shape index (κ2) is 5.46. The van der Waals surface area contributed by atoms with Gasteiger partial charge in [0.05, 0.1) is 6.10 Å². The summed E-state index contributed by atoms with van der Waals surface area (Å²) < 4.78 is 13.6. The van der Waals surface area contributed by atoms with Gasteiger partial charge in [0, 0.05) is 15.3 Å². The number of thiophene rings is 1. The molecule has 1 nitrogen and oxygen atoms in total. The Hall–Kier alpha value is -1.45. The molecule has 0 radical (unpaired) electrons. The van der Waals surface area contributed by atoms with Crippen molar-refractivity contribution in [3.05, 3.63) is 52.7 Å². The van der Waals surface area contributed by atoms with Gasteiger partial charge in [-0.05, 0) is 43.7 Å². The van der Waals surface area contributed by atoms with E-state index in [0.29, 0.717) is 5.56 Å². The zero-order valence-electron chi connectivity index (χ0n) is 10.4. The molecule has 94 valence electrons. The van der Waals surface area contributed by atoms with Gasteiger partial charge in [0.25, 0.3) is 0 Å². The number of halogens is 1. The molecule has 0 saturated carbocycles. The Kier molecular flexibility index (Phi) is 3.94. The Balaban J connectivity index is 2.32. The lowest BCUT2D eigenvalue weighted by atomic mass is 10.1. The van der Waals surface area contributed by atoms with Crippen LogP contribution < -0.4 is 0 Å². The van der Waals surface area contributed by atoms with Gasteiger partial charge < -0.3 is 5.11 Å². The predicted molar refractivity (Wildman–Crippen MR) is 75.0 cm³/mol. The molecule has 1 heterocycles. The maximum absolute atomic E-state index is 13.6. The average Bonchev–Trinajstić information content (AvgIpc) is 2.77. The van der Waals surface area contributed by atoms with Crippen molar-refractivity contribution in [1.29, 1.82) is 0 Å². The fraction of sp³-hybridized carbons (Fsp3) is 0.200. The average molecular weight is 262 g/mol. The van der Waals surface area contributed by atoms with E-state index in [-0.39, 0.29) is 5.82 Å². The predicted octanol–water partition coefficient (Wildman–Crippen LogP) is 4.34. The lowest BCUT2D eigenvalue weighted by Crippen LogP contribution is -1.99. The molecule has 1 atom stereocenters. The van der Waals surface area contributed by atoms with E-state index in [4.69, 9.17) is 0 Å². The normalized spacial score (nSPS) is 13.7. The maximum atomic E-state index is 13.6. The van der Waals surface area contributed by atoms with Gasteiger partial charge in [-0.15, -0.1) is 11.3 Å². The molecular formula is C15H15FOS. The summed E-state index contributed by atoms with van der Waals surface area (Å²) in [6.07, 6.45) is 1.48. The number of rotatable bonds is 3. The van der Waals surface area contributed by atoms with Crippen LogP contribution in [0.4, 0.5) is 4.39 Å². The first-order chi connectivity index (χ1) is 8.58. The molecule has 0 spiro atoms. The largest absolute Gasteiger partial charge is 0.389 e. The fourth-order valence-electron chi connectivity index (χ4n) is 1.58. The molecule has 1 aromatic heterocycles. The highest BCUT2D eigenvalue weighted by Gasteiger charge is 2.07. The van der Waals surface area contributed by atoms with Crippen molar-refractivity contribution in [2.24, 2.45) is 0 Å². The highest BCUT2D eigenvalue weighted by Crippen LogP contribution is 2.31. The second-order valence-electron chi connectivity index (χ2n) is 4.25. The molecule has 0 aliphatic heterocycles. The summed E-state index contributed by atoms with van der Waals surface area (Å²) >= 11 is 1.52. The first-order valence-corrected chi connectivity index (χ1v) is 6.60. The van der Waals surface area contributed by atoms with Gasteiger partial charge in [-0.2, -0.15) is 0 Å². The Morgan fingerprint density at radius 2 is 2.00 bits per heavy atom. The summed E-state index contributed by atoms with van der Waals surface area (Å²) in [5.41, 5.74) is 1.52. The van der Waals surface area contributed by atoms with Gasteiger partial charge in [0.2, 0.25) is 0 Å². The first kappa shape index (κ1) is 13.0. The fourth-order valence-corrected chi connectivity index (χ4v) is 2.63. The number of benzene rings is 1. The molecular weight excluding hydrogens is 247 g/mol. The summed E-state index contributed by atoms with van der Waals surface area (Å²) in [7, 11) is 0. The molecule has 0 aliphatic carbocycles. The standard InChI is InChI=1S/C15H15FOS/c1-10(11(2)17)9-12-7-8-15(18-12)13-5-3-4-6-14(13)16/h3-9,11,17H,1-2H3/b10-9+. The van der Waals surface area contributed by atoms with Crippen LogP contribution in [-0.2, 0) is 0 Å². The van der Waals surface area contributed by atoms with Crippen molar-refractivity contribution in [3.8, 4) is 10.4 Å². The van der Waals surface area contributed by atoms with Gasteiger partial charge in [-0.25, -0.2) is 4.39 Å². The quantitative estimate of drug-likeness (QED) is 0.872. The van der Waals surface area contributed by atoms with E-state index in [9.17, 15) is 9.50 Å². The van der Waals surface area contributed by atoms with E-state index in [2.05, 4.69) is 0 Å². The molecule has 1 aromatic carbocycles. The van der Waals surface area contributed by atoms with E-state index in [1.807, 2.05) is 31.2 Å². The van der Waals surface area contributed by atoms with Crippen LogP contribution in [0.2, 0.25) is 0 Å². The van der Waals surface area contributed by atoms with Crippen LogP contribution in [0.25, 0.3) is 16.5 Å². The van der Waals surface area contributed by atoms with Crippen LogP contribution in [-0.4, -0.2) is 11.2 Å². The summed E-state index contributed by atoms with van der Waals surface area (Å²) in [5, 5.41) is 9.43. The SMILES string of the molecule is C/C(=C\c1ccc(-c2ccccc2F)s1)C(C)O. The molecule has 0 amide bonds. The highest BCUT2D eigenvalue weighted by molar-refractivity contribution is 7.16. The smallest absolute Gasteiger partial charge is 0.131 e. The Labute approximate surface area is 110 Å². The number of hydrogen-bond donors (Lipinski definition) is 1. The molecule has 0 saturated heterocycles. The molecule has 2 aromatic rings. The van der Waals surface area contributed by atoms with Crippen molar-refractivity contribution in [3.63, 3.8) is 0 Å². The second-order valence-corrected chi connectivity index (χ2v) is 5.36. The number of aliphatic hydroxyl groups is 1. The summed E-state index contributed by atoms with van der Waals surface area (Å²) in [6, 6.07) is 10.6. The van der Waals surface area contributed by atoms with E-state index in [1.54, 1.807) is 19.1 Å². The zero-order valence-corrected chi connectivity index (χ0v) is 11.2. The molecule has 3 heteroatoms. The minimum absolute atomic E-state index is 0.206. The lowest BCUT2D eigenvalue weighted by molar-refractivity contribution is 0.232.